The lowest BCUT2D eigenvalue weighted by Crippen LogP contribution is -2.50. The minimum Gasteiger partial charge on any atom is -0.464 e. The van der Waals surface area contributed by atoms with Gasteiger partial charge in [-0.3, -0.25) is 14.4 Å². The third-order valence-corrected chi connectivity index (χ3v) is 6.38. The Morgan fingerprint density at radius 1 is 1.09 bits per heavy atom. The molecule has 2 aliphatic rings. The summed E-state index contributed by atoms with van der Waals surface area (Å²) in [7, 11) is 0. The first kappa shape index (κ1) is 24.0. The van der Waals surface area contributed by atoms with Crippen LogP contribution in [0.1, 0.15) is 50.5 Å². The van der Waals surface area contributed by atoms with Crippen molar-refractivity contribution in [3.8, 4) is 0 Å². The number of carbonyl (C=O) groups is 3. The van der Waals surface area contributed by atoms with Gasteiger partial charge in [0, 0.05) is 6.42 Å². The van der Waals surface area contributed by atoms with Crippen LogP contribution in [0.4, 0.5) is 0 Å². The van der Waals surface area contributed by atoms with Crippen molar-refractivity contribution in [3.63, 3.8) is 0 Å². The van der Waals surface area contributed by atoms with Crippen molar-refractivity contribution in [1.29, 1.82) is 0 Å². The molecule has 7 nitrogen and oxygen atoms in total. The molecule has 0 aromatic heterocycles. The maximum absolute atomic E-state index is 12.7. The molecule has 2 amide bonds. The first-order chi connectivity index (χ1) is 15.5. The summed E-state index contributed by atoms with van der Waals surface area (Å²) in [5, 5.41) is 15.5. The summed E-state index contributed by atoms with van der Waals surface area (Å²) in [6.45, 7) is 0.237. The molecule has 1 aliphatic carbocycles. The molecule has 32 heavy (non-hydrogen) atoms. The van der Waals surface area contributed by atoms with E-state index in [9.17, 15) is 19.5 Å². The van der Waals surface area contributed by atoms with E-state index in [2.05, 4.69) is 10.6 Å². The first-order valence-electron chi connectivity index (χ1n) is 11.6. The SMILES string of the molecule is O=C(C[C@H]1CC=CC[C@@H](Cc2ccccc2)C(=O)OCCNC1=O)NC1(CO)CCCC1. The highest BCUT2D eigenvalue weighted by Crippen LogP contribution is 2.29. The summed E-state index contributed by atoms with van der Waals surface area (Å²) >= 11 is 0. The average Bonchev–Trinajstić information content (AvgIpc) is 3.26. The van der Waals surface area contributed by atoms with Crippen LogP contribution in [0.2, 0.25) is 0 Å². The maximum Gasteiger partial charge on any atom is 0.309 e. The Balaban J connectivity index is 1.62. The second kappa shape index (κ2) is 11.8. The molecule has 0 saturated heterocycles. The topological polar surface area (TPSA) is 105 Å². The Morgan fingerprint density at radius 2 is 1.78 bits per heavy atom. The predicted molar refractivity (Wildman–Crippen MR) is 121 cm³/mol. The molecule has 0 radical (unpaired) electrons. The molecular formula is C25H34N2O5. The highest BCUT2D eigenvalue weighted by Gasteiger charge is 2.35. The number of cyclic esters (lactones) is 1. The molecule has 0 bridgehead atoms. The molecule has 1 saturated carbocycles. The Kier molecular flexibility index (Phi) is 8.85. The maximum atomic E-state index is 12.7. The summed E-state index contributed by atoms with van der Waals surface area (Å²) in [6, 6.07) is 9.82. The summed E-state index contributed by atoms with van der Waals surface area (Å²) < 4.78 is 5.39. The number of benzene rings is 1. The fourth-order valence-electron chi connectivity index (χ4n) is 4.50. The Morgan fingerprint density at radius 3 is 2.47 bits per heavy atom. The lowest BCUT2D eigenvalue weighted by atomic mass is 9.93. The summed E-state index contributed by atoms with van der Waals surface area (Å²) in [6.07, 6.45) is 8.85. The smallest absolute Gasteiger partial charge is 0.309 e. The number of carbonyl (C=O) groups excluding carboxylic acids is 3. The number of esters is 1. The molecular weight excluding hydrogens is 408 g/mol. The van der Waals surface area contributed by atoms with Gasteiger partial charge in [-0.1, -0.05) is 55.3 Å². The number of ether oxygens (including phenoxy) is 1. The lowest BCUT2D eigenvalue weighted by molar-refractivity contribution is -0.148. The van der Waals surface area contributed by atoms with E-state index in [1.165, 1.54) is 0 Å². The van der Waals surface area contributed by atoms with Gasteiger partial charge < -0.3 is 20.5 Å². The third kappa shape index (κ3) is 6.92. The Hall–Kier alpha value is -2.67. The zero-order chi connectivity index (χ0) is 22.8. The Labute approximate surface area is 189 Å². The van der Waals surface area contributed by atoms with Gasteiger partial charge >= 0.3 is 5.97 Å². The molecule has 1 fully saturated rings. The van der Waals surface area contributed by atoms with Crippen LogP contribution in [0.25, 0.3) is 0 Å². The zero-order valence-electron chi connectivity index (χ0n) is 18.6. The fraction of sp³-hybridized carbons (Fsp3) is 0.560. The van der Waals surface area contributed by atoms with Gasteiger partial charge in [0.25, 0.3) is 0 Å². The Bertz CT molecular complexity index is 802. The molecule has 0 spiro atoms. The van der Waals surface area contributed by atoms with E-state index in [4.69, 9.17) is 4.74 Å². The number of rotatable bonds is 6. The molecule has 1 aliphatic heterocycles. The largest absolute Gasteiger partial charge is 0.464 e. The van der Waals surface area contributed by atoms with Crippen molar-refractivity contribution in [2.75, 3.05) is 19.8 Å². The highest BCUT2D eigenvalue weighted by atomic mass is 16.5. The van der Waals surface area contributed by atoms with Crippen LogP contribution in [0, 0.1) is 11.8 Å². The van der Waals surface area contributed by atoms with E-state index in [0.717, 1.165) is 31.2 Å². The van der Waals surface area contributed by atoms with E-state index in [0.29, 0.717) is 19.3 Å². The van der Waals surface area contributed by atoms with Gasteiger partial charge in [-0.25, -0.2) is 0 Å². The van der Waals surface area contributed by atoms with Gasteiger partial charge in [0.15, 0.2) is 0 Å². The molecule has 3 rings (SSSR count). The average molecular weight is 443 g/mol. The number of hydrogen-bond acceptors (Lipinski definition) is 5. The summed E-state index contributed by atoms with van der Waals surface area (Å²) in [5.41, 5.74) is 0.524. The van der Waals surface area contributed by atoms with Gasteiger partial charge in [-0.2, -0.15) is 0 Å². The molecule has 0 unspecified atom stereocenters. The molecule has 2 atom stereocenters. The summed E-state index contributed by atoms with van der Waals surface area (Å²) in [4.78, 5) is 37.8. The van der Waals surface area contributed by atoms with Gasteiger partial charge in [0.05, 0.1) is 30.5 Å². The first-order valence-corrected chi connectivity index (χ1v) is 11.6. The number of aliphatic hydroxyl groups excluding tert-OH is 1. The van der Waals surface area contributed by atoms with Crippen LogP contribution in [-0.2, 0) is 25.5 Å². The quantitative estimate of drug-likeness (QED) is 0.463. The number of aliphatic hydroxyl groups is 1. The van der Waals surface area contributed by atoms with E-state index >= 15 is 0 Å². The van der Waals surface area contributed by atoms with Crippen molar-refractivity contribution >= 4 is 17.8 Å². The van der Waals surface area contributed by atoms with Crippen LogP contribution >= 0.6 is 0 Å². The predicted octanol–water partition coefficient (Wildman–Crippen LogP) is 2.28. The molecule has 1 aromatic rings. The molecule has 1 heterocycles. The van der Waals surface area contributed by atoms with Crippen LogP contribution in [-0.4, -0.2) is 48.2 Å². The van der Waals surface area contributed by atoms with Crippen molar-refractivity contribution in [3.05, 3.63) is 48.0 Å². The summed E-state index contributed by atoms with van der Waals surface area (Å²) in [5.74, 6) is -1.51. The van der Waals surface area contributed by atoms with E-state index < -0.39 is 11.5 Å². The standard InChI is InChI=1S/C25H34N2O5/c28-18-25(12-6-7-13-25)27-22(29)17-20-10-4-5-11-21(16-19-8-2-1-3-9-19)24(31)32-15-14-26-23(20)30/h1-5,8-9,20-21,28H,6-7,10-18H2,(H,26,30)(H,27,29)/t20-,21+/m1/s1. The molecule has 174 valence electrons. The van der Waals surface area contributed by atoms with Crippen molar-refractivity contribution in [1.82, 2.24) is 10.6 Å². The molecule has 7 heteroatoms. The minimum atomic E-state index is -0.548. The highest BCUT2D eigenvalue weighted by molar-refractivity contribution is 5.86. The van der Waals surface area contributed by atoms with Crippen molar-refractivity contribution < 1.29 is 24.2 Å². The number of amides is 2. The van der Waals surface area contributed by atoms with Crippen molar-refractivity contribution in [2.45, 2.75) is 56.9 Å². The second-order valence-corrected chi connectivity index (χ2v) is 8.88. The third-order valence-electron chi connectivity index (χ3n) is 6.38. The second-order valence-electron chi connectivity index (χ2n) is 8.88. The van der Waals surface area contributed by atoms with Gasteiger partial charge in [0.2, 0.25) is 11.8 Å². The van der Waals surface area contributed by atoms with Crippen LogP contribution in [0.3, 0.4) is 0 Å². The lowest BCUT2D eigenvalue weighted by Gasteiger charge is -2.28. The fourth-order valence-corrected chi connectivity index (χ4v) is 4.50. The molecule has 3 N–H and O–H groups in total. The van der Waals surface area contributed by atoms with Crippen LogP contribution in [0.5, 0.6) is 0 Å². The zero-order valence-corrected chi connectivity index (χ0v) is 18.6. The van der Waals surface area contributed by atoms with Gasteiger partial charge in [0.1, 0.15) is 6.61 Å². The van der Waals surface area contributed by atoms with E-state index in [1.807, 2.05) is 42.5 Å². The van der Waals surface area contributed by atoms with E-state index in [1.54, 1.807) is 0 Å². The normalized spacial score (nSPS) is 24.0. The van der Waals surface area contributed by atoms with Gasteiger partial charge in [-0.05, 0) is 37.7 Å². The monoisotopic (exact) mass is 442 g/mol. The number of hydrogen-bond donors (Lipinski definition) is 3. The number of nitrogens with one attached hydrogen (secondary N) is 2. The van der Waals surface area contributed by atoms with Crippen LogP contribution in [0.15, 0.2) is 42.5 Å². The molecule has 1 aromatic carbocycles. The number of allylic oxidation sites excluding steroid dienone is 2. The van der Waals surface area contributed by atoms with Crippen LogP contribution < -0.4 is 10.6 Å². The minimum absolute atomic E-state index is 0.0607. The van der Waals surface area contributed by atoms with Crippen molar-refractivity contribution in [2.24, 2.45) is 11.8 Å². The van der Waals surface area contributed by atoms with E-state index in [-0.39, 0.29) is 49.9 Å². The van der Waals surface area contributed by atoms with Gasteiger partial charge in [-0.15, -0.1) is 0 Å².